The topological polar surface area (TPSA) is 71.1 Å². The lowest BCUT2D eigenvalue weighted by atomic mass is 10.0. The van der Waals surface area contributed by atoms with Crippen LogP contribution in [0.2, 0.25) is 0 Å². The monoisotopic (exact) mass is 697 g/mol. The zero-order valence-corrected chi connectivity index (χ0v) is 33.9. The van der Waals surface area contributed by atoms with Crippen LogP contribution in [0.1, 0.15) is 228 Å². The van der Waals surface area contributed by atoms with Crippen molar-refractivity contribution in [2.75, 3.05) is 19.8 Å². The maximum Gasteiger partial charge on any atom is 0.306 e. The summed E-state index contributed by atoms with van der Waals surface area (Å²) in [5.74, 6) is -0.469. The van der Waals surface area contributed by atoms with E-state index in [9.17, 15) is 9.59 Å². The number of hydrogen-bond donors (Lipinski definition) is 0. The molecular formula is C43H84O6. The van der Waals surface area contributed by atoms with Crippen LogP contribution in [0.5, 0.6) is 0 Å². The summed E-state index contributed by atoms with van der Waals surface area (Å²) in [4.78, 5) is 25.3. The van der Waals surface area contributed by atoms with E-state index in [4.69, 9.17) is 18.9 Å². The molecule has 0 bridgehead atoms. The van der Waals surface area contributed by atoms with E-state index in [0.29, 0.717) is 19.4 Å². The second kappa shape index (κ2) is 32.7. The number of hydrogen-bond acceptors (Lipinski definition) is 6. The standard InChI is InChI=1S/C43H84O6/c1-8-10-12-14-16-18-20-22-24-26-28-30-32-34-40(44)46-36-39(37-47-43(6,7)38-48-42(3,4)5)49-41(45)35-33-31-29-27-25-23-21-19-17-15-13-11-9-2/h39H,8-38H2,1-7H3. The smallest absolute Gasteiger partial charge is 0.306 e. The van der Waals surface area contributed by atoms with Crippen LogP contribution in [-0.4, -0.2) is 49.1 Å². The number of unbranched alkanes of at least 4 members (excludes halogenated alkanes) is 24. The van der Waals surface area contributed by atoms with Crippen LogP contribution < -0.4 is 0 Å². The van der Waals surface area contributed by atoms with E-state index in [1.807, 2.05) is 34.6 Å². The van der Waals surface area contributed by atoms with Crippen LogP contribution in [0.25, 0.3) is 0 Å². The maximum absolute atomic E-state index is 12.7. The molecule has 1 atom stereocenters. The average molecular weight is 697 g/mol. The van der Waals surface area contributed by atoms with Gasteiger partial charge in [0.2, 0.25) is 0 Å². The molecule has 6 heteroatoms. The molecule has 0 heterocycles. The molecular weight excluding hydrogens is 612 g/mol. The highest BCUT2D eigenvalue weighted by Crippen LogP contribution is 2.18. The molecule has 0 fully saturated rings. The number of esters is 2. The summed E-state index contributed by atoms with van der Waals surface area (Å²) in [6, 6.07) is 0. The van der Waals surface area contributed by atoms with Crippen molar-refractivity contribution in [2.45, 2.75) is 246 Å². The Morgan fingerprint density at radius 1 is 0.449 bits per heavy atom. The highest BCUT2D eigenvalue weighted by Gasteiger charge is 2.26. The summed E-state index contributed by atoms with van der Waals surface area (Å²) in [6.07, 6.45) is 33.1. The van der Waals surface area contributed by atoms with E-state index >= 15 is 0 Å². The Bertz CT molecular complexity index is 743. The molecule has 0 aliphatic heterocycles. The largest absolute Gasteiger partial charge is 0.462 e. The van der Waals surface area contributed by atoms with E-state index in [0.717, 1.165) is 32.1 Å². The number of carbonyl (C=O) groups excluding carboxylic acids is 2. The molecule has 0 N–H and O–H groups in total. The van der Waals surface area contributed by atoms with E-state index in [-0.39, 0.29) is 30.8 Å². The summed E-state index contributed by atoms with van der Waals surface area (Å²) in [5.41, 5.74) is -0.838. The Kier molecular flexibility index (Phi) is 32.0. The molecule has 0 radical (unpaired) electrons. The van der Waals surface area contributed by atoms with E-state index in [2.05, 4.69) is 13.8 Å². The lowest BCUT2D eigenvalue weighted by molar-refractivity contribution is -0.172. The molecule has 0 amide bonds. The molecule has 0 aromatic carbocycles. The second-order valence-corrected chi connectivity index (χ2v) is 16.3. The van der Waals surface area contributed by atoms with Crippen LogP contribution in [0.15, 0.2) is 0 Å². The first-order chi connectivity index (χ1) is 23.5. The second-order valence-electron chi connectivity index (χ2n) is 16.3. The third-order valence-corrected chi connectivity index (χ3v) is 9.21. The molecule has 0 saturated heterocycles. The molecule has 49 heavy (non-hydrogen) atoms. The van der Waals surface area contributed by atoms with Gasteiger partial charge < -0.3 is 18.9 Å². The third-order valence-electron chi connectivity index (χ3n) is 9.21. The van der Waals surface area contributed by atoms with Crippen molar-refractivity contribution < 1.29 is 28.5 Å². The molecule has 0 aromatic rings. The summed E-state index contributed by atoms with van der Waals surface area (Å²) in [7, 11) is 0. The summed E-state index contributed by atoms with van der Waals surface area (Å²) < 4.78 is 23.4. The van der Waals surface area contributed by atoms with Gasteiger partial charge in [-0.2, -0.15) is 0 Å². The number of rotatable bonds is 36. The minimum Gasteiger partial charge on any atom is -0.462 e. The van der Waals surface area contributed by atoms with Gasteiger partial charge in [0, 0.05) is 12.8 Å². The molecule has 6 nitrogen and oxygen atoms in total. The van der Waals surface area contributed by atoms with Gasteiger partial charge in [-0.1, -0.05) is 168 Å². The summed E-state index contributed by atoms with van der Waals surface area (Å²) in [5, 5.41) is 0. The van der Waals surface area contributed by atoms with Crippen molar-refractivity contribution in [3.8, 4) is 0 Å². The SMILES string of the molecule is CCCCCCCCCCCCCCCC(=O)OCC(COC(C)(C)COC(C)(C)C)OC(=O)CCCCCCCCCCCCCCC. The fourth-order valence-electron chi connectivity index (χ4n) is 5.94. The van der Waals surface area contributed by atoms with Gasteiger partial charge in [-0.25, -0.2) is 0 Å². The predicted octanol–water partition coefficient (Wildman–Crippen LogP) is 13.0. The fraction of sp³-hybridized carbons (Fsp3) is 0.953. The first kappa shape index (κ1) is 47.9. The van der Waals surface area contributed by atoms with Gasteiger partial charge in [0.05, 0.1) is 24.4 Å². The van der Waals surface area contributed by atoms with Gasteiger partial charge in [0.15, 0.2) is 6.10 Å². The molecule has 0 aromatic heterocycles. The average Bonchev–Trinajstić information content (AvgIpc) is 3.05. The summed E-state index contributed by atoms with van der Waals surface area (Å²) >= 11 is 0. The van der Waals surface area contributed by atoms with Crippen LogP contribution in [0.4, 0.5) is 0 Å². The van der Waals surface area contributed by atoms with Gasteiger partial charge in [0.25, 0.3) is 0 Å². The maximum atomic E-state index is 12.7. The van der Waals surface area contributed by atoms with E-state index < -0.39 is 11.7 Å². The molecule has 292 valence electrons. The first-order valence-electron chi connectivity index (χ1n) is 21.1. The van der Waals surface area contributed by atoms with Crippen LogP contribution >= 0.6 is 0 Å². The van der Waals surface area contributed by atoms with Crippen molar-refractivity contribution in [3.63, 3.8) is 0 Å². The van der Waals surface area contributed by atoms with Crippen molar-refractivity contribution in [1.29, 1.82) is 0 Å². The fourth-order valence-corrected chi connectivity index (χ4v) is 5.94. The molecule has 0 aliphatic rings. The Morgan fingerprint density at radius 2 is 0.796 bits per heavy atom. The van der Waals surface area contributed by atoms with Gasteiger partial charge in [-0.3, -0.25) is 9.59 Å². The Hall–Kier alpha value is -1.14. The van der Waals surface area contributed by atoms with Crippen LogP contribution in [-0.2, 0) is 28.5 Å². The number of ether oxygens (including phenoxy) is 4. The lowest BCUT2D eigenvalue weighted by Gasteiger charge is -2.31. The minimum absolute atomic E-state index is 0.0256. The van der Waals surface area contributed by atoms with E-state index in [1.165, 1.54) is 135 Å². The van der Waals surface area contributed by atoms with Gasteiger partial charge in [-0.15, -0.1) is 0 Å². The zero-order valence-electron chi connectivity index (χ0n) is 33.9. The van der Waals surface area contributed by atoms with Crippen LogP contribution in [0.3, 0.4) is 0 Å². The quantitative estimate of drug-likeness (QED) is 0.0480. The summed E-state index contributed by atoms with van der Waals surface area (Å²) in [6.45, 7) is 15.1. The molecule has 0 aliphatic carbocycles. The minimum atomic E-state index is -0.626. The van der Waals surface area contributed by atoms with Gasteiger partial charge in [0.1, 0.15) is 6.61 Å². The van der Waals surface area contributed by atoms with Crippen molar-refractivity contribution in [3.05, 3.63) is 0 Å². The van der Waals surface area contributed by atoms with E-state index in [1.54, 1.807) is 0 Å². The Labute approximate surface area is 305 Å². The van der Waals surface area contributed by atoms with Crippen molar-refractivity contribution in [2.24, 2.45) is 0 Å². The first-order valence-corrected chi connectivity index (χ1v) is 21.1. The van der Waals surface area contributed by atoms with Crippen molar-refractivity contribution in [1.82, 2.24) is 0 Å². The Morgan fingerprint density at radius 3 is 1.16 bits per heavy atom. The normalized spacial score (nSPS) is 12.7. The highest BCUT2D eigenvalue weighted by atomic mass is 16.6. The van der Waals surface area contributed by atoms with Gasteiger partial charge >= 0.3 is 11.9 Å². The molecule has 0 saturated carbocycles. The van der Waals surface area contributed by atoms with Gasteiger partial charge in [-0.05, 0) is 47.5 Å². The zero-order chi connectivity index (χ0) is 36.5. The number of carbonyl (C=O) groups is 2. The predicted molar refractivity (Wildman–Crippen MR) is 207 cm³/mol. The highest BCUT2D eigenvalue weighted by molar-refractivity contribution is 5.70. The Balaban J connectivity index is 4.32. The van der Waals surface area contributed by atoms with Crippen LogP contribution in [0, 0.1) is 0 Å². The van der Waals surface area contributed by atoms with Crippen molar-refractivity contribution >= 4 is 11.9 Å². The molecule has 1 unspecified atom stereocenters. The molecule has 0 spiro atoms. The lowest BCUT2D eigenvalue weighted by Crippen LogP contribution is -2.39. The third kappa shape index (κ3) is 36.5. The molecule has 0 rings (SSSR count).